The maximum Gasteiger partial charge on any atom is 0.419 e. The number of nitrogens with zero attached hydrogens (tertiary/aromatic N) is 4. The summed E-state index contributed by atoms with van der Waals surface area (Å²) < 4.78 is 68.7. The number of benzene rings is 1. The number of fused-ring (bicyclic) bond motifs is 1. The molecule has 3 N–H and O–H groups in total. The van der Waals surface area contributed by atoms with E-state index in [1.807, 2.05) is 6.07 Å². The summed E-state index contributed by atoms with van der Waals surface area (Å²) in [5, 5.41) is 16.3. The van der Waals surface area contributed by atoms with Gasteiger partial charge in [-0.05, 0) is 38.3 Å². The molecule has 9 nitrogen and oxygen atoms in total. The van der Waals surface area contributed by atoms with Crippen molar-refractivity contribution >= 4 is 32.6 Å². The number of nitrogens with one attached hydrogen (secondary N) is 3. The molecule has 1 aromatic carbocycles. The Balaban J connectivity index is 1.66. The molecule has 3 aromatic rings. The molecule has 0 bridgehead atoms. The second kappa shape index (κ2) is 9.25. The highest BCUT2D eigenvalue weighted by Gasteiger charge is 2.37. The van der Waals surface area contributed by atoms with Crippen LogP contribution in [0.2, 0.25) is 0 Å². The lowest BCUT2D eigenvalue weighted by Crippen LogP contribution is -2.38. The van der Waals surface area contributed by atoms with Crippen LogP contribution in [0.25, 0.3) is 22.2 Å². The number of nitriles is 1. The second-order valence-corrected chi connectivity index (χ2v) is 10.9. The Bertz CT molecular complexity index is 1440. The Morgan fingerprint density at radius 1 is 1.22 bits per heavy atom. The molecule has 2 saturated heterocycles. The van der Waals surface area contributed by atoms with E-state index in [0.717, 1.165) is 25.6 Å². The number of sulfonamides is 1. The SMILES string of the molecule is N#Cc1ccc2c(-c3nc(N[C@H]4CCCNC4)ncc3C(F)(F)F)c[nH]c2c1N1CCCCS1(=O)=O. The molecule has 36 heavy (non-hydrogen) atoms. The Morgan fingerprint density at radius 3 is 2.75 bits per heavy atom. The van der Waals surface area contributed by atoms with Gasteiger partial charge in [0.15, 0.2) is 0 Å². The van der Waals surface area contributed by atoms with Crippen LogP contribution in [-0.4, -0.2) is 54.8 Å². The topological polar surface area (TPSA) is 127 Å². The van der Waals surface area contributed by atoms with Gasteiger partial charge in [-0.3, -0.25) is 4.31 Å². The molecule has 1 atom stereocenters. The van der Waals surface area contributed by atoms with E-state index in [9.17, 15) is 26.9 Å². The predicted molar refractivity (Wildman–Crippen MR) is 129 cm³/mol. The van der Waals surface area contributed by atoms with Crippen molar-refractivity contribution < 1.29 is 21.6 Å². The van der Waals surface area contributed by atoms with Crippen molar-refractivity contribution in [1.82, 2.24) is 20.3 Å². The molecule has 0 aliphatic carbocycles. The van der Waals surface area contributed by atoms with Crippen LogP contribution in [0.1, 0.15) is 36.8 Å². The summed E-state index contributed by atoms with van der Waals surface area (Å²) in [6.45, 7) is 1.72. The Hall–Kier alpha value is -3.37. The third-order valence-electron chi connectivity index (χ3n) is 6.53. The van der Waals surface area contributed by atoms with Gasteiger partial charge in [0.1, 0.15) is 11.6 Å². The molecule has 0 saturated carbocycles. The van der Waals surface area contributed by atoms with Crippen molar-refractivity contribution in [3.63, 3.8) is 0 Å². The van der Waals surface area contributed by atoms with E-state index >= 15 is 0 Å². The highest BCUT2D eigenvalue weighted by atomic mass is 32.2. The van der Waals surface area contributed by atoms with Gasteiger partial charge in [-0.1, -0.05) is 6.07 Å². The summed E-state index contributed by atoms with van der Waals surface area (Å²) in [7, 11) is -3.67. The molecule has 0 unspecified atom stereocenters. The van der Waals surface area contributed by atoms with Crippen LogP contribution in [0.4, 0.5) is 24.8 Å². The first-order valence-corrected chi connectivity index (χ1v) is 13.3. The van der Waals surface area contributed by atoms with E-state index in [-0.39, 0.29) is 52.3 Å². The standard InChI is InChI=1S/C23H24F3N7O2S/c24-23(25,26)18-13-30-22(31-15-4-3-7-28-11-15)32-19(18)17-12-29-20-16(17)6-5-14(10-27)21(20)33-8-1-2-9-36(33,34)35/h5-6,12-13,15,28-29H,1-4,7-9,11H2,(H,30,31,32)/t15-/m0/s1. The van der Waals surface area contributed by atoms with Crippen molar-refractivity contribution in [3.05, 3.63) is 35.7 Å². The third kappa shape index (κ3) is 4.46. The molecule has 2 aromatic heterocycles. The van der Waals surface area contributed by atoms with Crippen molar-refractivity contribution in [2.75, 3.05) is 35.0 Å². The first kappa shape index (κ1) is 24.3. The van der Waals surface area contributed by atoms with Crippen LogP contribution in [-0.2, 0) is 16.2 Å². The molecule has 2 aliphatic rings. The van der Waals surface area contributed by atoms with Crippen LogP contribution in [0.15, 0.2) is 24.5 Å². The minimum Gasteiger partial charge on any atom is -0.359 e. The van der Waals surface area contributed by atoms with Crippen molar-refractivity contribution in [2.45, 2.75) is 37.9 Å². The highest BCUT2D eigenvalue weighted by molar-refractivity contribution is 7.92. The van der Waals surface area contributed by atoms with E-state index in [2.05, 4.69) is 25.6 Å². The van der Waals surface area contributed by atoms with E-state index in [1.165, 1.54) is 22.6 Å². The Labute approximate surface area is 205 Å². The van der Waals surface area contributed by atoms with Gasteiger partial charge in [0.05, 0.1) is 28.2 Å². The number of alkyl halides is 3. The summed E-state index contributed by atoms with van der Waals surface area (Å²) in [4.78, 5) is 11.1. The summed E-state index contributed by atoms with van der Waals surface area (Å²) in [6.07, 6.45) is 0.309. The Morgan fingerprint density at radius 2 is 2.06 bits per heavy atom. The number of rotatable bonds is 4. The van der Waals surface area contributed by atoms with Gasteiger partial charge in [-0.2, -0.15) is 18.4 Å². The fraction of sp³-hybridized carbons (Fsp3) is 0.435. The zero-order valence-corrected chi connectivity index (χ0v) is 20.0. The van der Waals surface area contributed by atoms with Crippen molar-refractivity contribution in [1.29, 1.82) is 5.26 Å². The van der Waals surface area contributed by atoms with Gasteiger partial charge in [0.25, 0.3) is 0 Å². The lowest BCUT2D eigenvalue weighted by atomic mass is 10.0. The van der Waals surface area contributed by atoms with Crippen LogP contribution in [0.5, 0.6) is 0 Å². The molecule has 4 heterocycles. The number of halogens is 3. The van der Waals surface area contributed by atoms with Crippen LogP contribution < -0.4 is 14.9 Å². The van der Waals surface area contributed by atoms with Gasteiger partial charge >= 0.3 is 6.18 Å². The quantitative estimate of drug-likeness (QED) is 0.481. The second-order valence-electron chi connectivity index (χ2n) is 8.93. The first-order chi connectivity index (χ1) is 17.2. The molecule has 13 heteroatoms. The predicted octanol–water partition coefficient (Wildman–Crippen LogP) is 3.61. The molecular weight excluding hydrogens is 495 g/mol. The van der Waals surface area contributed by atoms with E-state index in [0.29, 0.717) is 24.8 Å². The number of H-pyrrole nitrogens is 1. The molecule has 0 amide bonds. The molecule has 2 fully saturated rings. The maximum absolute atomic E-state index is 14.0. The average molecular weight is 520 g/mol. The molecule has 5 rings (SSSR count). The van der Waals surface area contributed by atoms with Gasteiger partial charge in [0.2, 0.25) is 16.0 Å². The molecule has 190 valence electrons. The molecule has 0 radical (unpaired) electrons. The van der Waals surface area contributed by atoms with Crippen molar-refractivity contribution in [3.8, 4) is 17.3 Å². The summed E-state index contributed by atoms with van der Waals surface area (Å²) in [6, 6.07) is 4.95. The minimum atomic E-state index is -4.71. The van der Waals surface area contributed by atoms with Crippen LogP contribution in [0.3, 0.4) is 0 Å². The highest BCUT2D eigenvalue weighted by Crippen LogP contribution is 2.42. The number of hydrogen-bond donors (Lipinski definition) is 3. The van der Waals surface area contributed by atoms with Crippen LogP contribution >= 0.6 is 0 Å². The zero-order valence-electron chi connectivity index (χ0n) is 19.2. The number of piperidine rings is 1. The van der Waals surface area contributed by atoms with Gasteiger partial charge < -0.3 is 15.6 Å². The van der Waals surface area contributed by atoms with Crippen LogP contribution in [0, 0.1) is 11.3 Å². The number of aromatic amines is 1. The van der Waals surface area contributed by atoms with E-state index in [4.69, 9.17) is 0 Å². The fourth-order valence-electron chi connectivity index (χ4n) is 4.79. The monoisotopic (exact) mass is 519 g/mol. The lowest BCUT2D eigenvalue weighted by Gasteiger charge is -2.29. The van der Waals surface area contributed by atoms with Gasteiger partial charge in [-0.25, -0.2) is 18.4 Å². The molecular formula is C23H24F3N7O2S. The maximum atomic E-state index is 14.0. The summed E-state index contributed by atoms with van der Waals surface area (Å²) in [5.74, 6) is 0.0188. The number of hydrogen-bond acceptors (Lipinski definition) is 7. The van der Waals surface area contributed by atoms with Crippen molar-refractivity contribution in [2.24, 2.45) is 0 Å². The van der Waals surface area contributed by atoms with E-state index < -0.39 is 21.8 Å². The lowest BCUT2D eigenvalue weighted by molar-refractivity contribution is -0.137. The largest absolute Gasteiger partial charge is 0.419 e. The fourth-order valence-corrected chi connectivity index (χ4v) is 6.46. The number of anilines is 2. The summed E-state index contributed by atoms with van der Waals surface area (Å²) >= 11 is 0. The minimum absolute atomic E-state index is 0.0135. The normalized spacial score (nSPS) is 20.3. The van der Waals surface area contributed by atoms with Gasteiger partial charge in [0, 0.05) is 42.5 Å². The molecule has 2 aliphatic heterocycles. The Kier molecular flexibility index (Phi) is 6.25. The summed E-state index contributed by atoms with van der Waals surface area (Å²) in [5.41, 5.74) is -0.654. The first-order valence-electron chi connectivity index (χ1n) is 11.7. The third-order valence-corrected chi connectivity index (χ3v) is 8.37. The van der Waals surface area contributed by atoms with E-state index in [1.54, 1.807) is 0 Å². The van der Waals surface area contributed by atoms with Gasteiger partial charge in [-0.15, -0.1) is 0 Å². The zero-order chi connectivity index (χ0) is 25.5. The average Bonchev–Trinajstić information content (AvgIpc) is 3.27. The molecule has 0 spiro atoms. The smallest absolute Gasteiger partial charge is 0.359 e. The number of aromatic nitrogens is 3.